The van der Waals surface area contributed by atoms with Crippen LogP contribution in [0.2, 0.25) is 0 Å². The maximum Gasteiger partial charge on any atom is 0.573 e. The van der Waals surface area contributed by atoms with E-state index in [4.69, 9.17) is 0 Å². The fourth-order valence-electron chi connectivity index (χ4n) is 3.10. The number of nitrogens with zero attached hydrogens (tertiary/aromatic N) is 1. The van der Waals surface area contributed by atoms with E-state index in [0.717, 1.165) is 41.8 Å². The van der Waals surface area contributed by atoms with Crippen LogP contribution in [0.1, 0.15) is 17.2 Å². The summed E-state index contributed by atoms with van der Waals surface area (Å²) in [6, 6.07) is 9.93. The molecule has 0 amide bonds. The molecule has 1 atom stereocenters. The number of ether oxygens (including phenoxy) is 1. The van der Waals surface area contributed by atoms with Gasteiger partial charge in [-0.2, -0.15) is 0 Å². The molecule has 10 heteroatoms. The Morgan fingerprint density at radius 1 is 1.00 bits per heavy atom. The van der Waals surface area contributed by atoms with Crippen LogP contribution in [0.3, 0.4) is 0 Å². The number of hydrogen-bond acceptors (Lipinski definition) is 3. The molecule has 0 spiro atoms. The average Bonchev–Trinajstić information content (AvgIpc) is 2.59. The average molecular weight is 506 g/mol. The van der Waals surface area contributed by atoms with Crippen LogP contribution in [0.5, 0.6) is 5.75 Å². The van der Waals surface area contributed by atoms with Gasteiger partial charge < -0.3 is 10.1 Å². The minimum atomic E-state index is -4.73. The first-order valence-corrected chi connectivity index (χ1v) is 8.88. The molecule has 1 aliphatic rings. The second kappa shape index (κ2) is 10.6. The molecule has 0 radical (unpaired) electrons. The SMILES string of the molecule is Cl.Cl.Fc1ccc(Br)c([C@H](c2ccc(OC(F)(F)F)cc2)N2CCNCC2)c1. The summed E-state index contributed by atoms with van der Waals surface area (Å²) in [5, 5.41) is 3.26. The highest BCUT2D eigenvalue weighted by molar-refractivity contribution is 9.10. The summed E-state index contributed by atoms with van der Waals surface area (Å²) in [6.07, 6.45) is -4.73. The number of halogens is 7. The first-order valence-electron chi connectivity index (χ1n) is 8.09. The van der Waals surface area contributed by atoms with Crippen LogP contribution >= 0.6 is 40.7 Å². The number of alkyl halides is 3. The highest BCUT2D eigenvalue weighted by Crippen LogP contribution is 2.35. The Balaban J connectivity index is 0.00000196. The molecule has 2 aromatic carbocycles. The highest BCUT2D eigenvalue weighted by atomic mass is 79.9. The maximum absolute atomic E-state index is 13.8. The van der Waals surface area contributed by atoms with Crippen molar-refractivity contribution >= 4 is 40.7 Å². The van der Waals surface area contributed by atoms with Crippen molar-refractivity contribution in [3.63, 3.8) is 0 Å². The third-order valence-electron chi connectivity index (χ3n) is 4.20. The molecular formula is C18H19BrCl2F4N2O. The molecule has 3 nitrogen and oxygen atoms in total. The molecule has 156 valence electrons. The summed E-state index contributed by atoms with van der Waals surface area (Å²) >= 11 is 3.47. The first kappa shape index (κ1) is 25.0. The van der Waals surface area contributed by atoms with E-state index in [9.17, 15) is 17.6 Å². The zero-order valence-corrected chi connectivity index (χ0v) is 17.7. The van der Waals surface area contributed by atoms with Crippen molar-refractivity contribution in [1.82, 2.24) is 10.2 Å². The van der Waals surface area contributed by atoms with Crippen LogP contribution in [-0.4, -0.2) is 37.4 Å². The molecule has 0 saturated carbocycles. The molecule has 1 fully saturated rings. The van der Waals surface area contributed by atoms with E-state index < -0.39 is 6.36 Å². The molecule has 1 N–H and O–H groups in total. The van der Waals surface area contributed by atoms with E-state index in [1.807, 2.05) is 0 Å². The highest BCUT2D eigenvalue weighted by Gasteiger charge is 2.31. The Kier molecular flexibility index (Phi) is 9.49. The van der Waals surface area contributed by atoms with Gasteiger partial charge in [-0.05, 0) is 41.5 Å². The van der Waals surface area contributed by atoms with Crippen molar-refractivity contribution in [2.24, 2.45) is 0 Å². The number of rotatable bonds is 4. The summed E-state index contributed by atoms with van der Waals surface area (Å²) in [4.78, 5) is 2.18. The Labute approximate surface area is 181 Å². The summed E-state index contributed by atoms with van der Waals surface area (Å²) in [7, 11) is 0. The normalized spacial score (nSPS) is 15.9. The summed E-state index contributed by atoms with van der Waals surface area (Å²) in [6.45, 7) is 3.07. The fourth-order valence-corrected chi connectivity index (χ4v) is 3.57. The van der Waals surface area contributed by atoms with Crippen molar-refractivity contribution in [1.29, 1.82) is 0 Å². The molecule has 1 saturated heterocycles. The first-order chi connectivity index (χ1) is 12.3. The van der Waals surface area contributed by atoms with E-state index in [-0.39, 0.29) is 42.4 Å². The van der Waals surface area contributed by atoms with E-state index in [1.165, 1.54) is 24.3 Å². The topological polar surface area (TPSA) is 24.5 Å². The van der Waals surface area contributed by atoms with Crippen LogP contribution < -0.4 is 10.1 Å². The smallest absolute Gasteiger partial charge is 0.406 e. The molecule has 28 heavy (non-hydrogen) atoms. The van der Waals surface area contributed by atoms with Crippen molar-refractivity contribution in [3.8, 4) is 5.75 Å². The Hall–Kier alpha value is -1.06. The maximum atomic E-state index is 13.8. The van der Waals surface area contributed by atoms with Crippen LogP contribution in [-0.2, 0) is 0 Å². The molecular weight excluding hydrogens is 487 g/mol. The monoisotopic (exact) mass is 504 g/mol. The second-order valence-electron chi connectivity index (χ2n) is 5.97. The predicted molar refractivity (Wildman–Crippen MR) is 108 cm³/mol. The van der Waals surface area contributed by atoms with Gasteiger partial charge in [0.05, 0.1) is 6.04 Å². The summed E-state index contributed by atoms with van der Waals surface area (Å²) < 4.78 is 55.6. The largest absolute Gasteiger partial charge is 0.573 e. The van der Waals surface area contributed by atoms with Crippen LogP contribution in [0.15, 0.2) is 46.9 Å². The van der Waals surface area contributed by atoms with Crippen molar-refractivity contribution in [2.75, 3.05) is 26.2 Å². The quantitative estimate of drug-likeness (QED) is 0.569. The number of benzene rings is 2. The van der Waals surface area contributed by atoms with Gasteiger partial charge >= 0.3 is 6.36 Å². The van der Waals surface area contributed by atoms with Gasteiger partial charge in [0.15, 0.2) is 0 Å². The molecule has 1 aliphatic heterocycles. The lowest BCUT2D eigenvalue weighted by molar-refractivity contribution is -0.274. The number of piperazine rings is 1. The summed E-state index contributed by atoms with van der Waals surface area (Å²) in [5.41, 5.74) is 1.50. The second-order valence-corrected chi connectivity index (χ2v) is 6.83. The van der Waals surface area contributed by atoms with E-state index in [1.54, 1.807) is 18.2 Å². The van der Waals surface area contributed by atoms with Gasteiger partial charge in [-0.25, -0.2) is 4.39 Å². The van der Waals surface area contributed by atoms with Gasteiger partial charge in [0, 0.05) is 30.7 Å². The number of nitrogens with one attached hydrogen (secondary N) is 1. The standard InChI is InChI=1S/C18H17BrF4N2O.2ClH/c19-16-6-3-13(20)11-15(16)17(25-9-7-24-8-10-25)12-1-4-14(5-2-12)26-18(21,22)23;;/h1-6,11,17,24H,7-10H2;2*1H/t17-;;/m0../s1. The molecule has 3 rings (SSSR count). The number of hydrogen-bond donors (Lipinski definition) is 1. The lowest BCUT2D eigenvalue weighted by atomic mass is 9.96. The molecule has 0 bridgehead atoms. The predicted octanol–water partition coefficient (Wildman–Crippen LogP) is 5.33. The molecule has 0 aromatic heterocycles. The third-order valence-corrected chi connectivity index (χ3v) is 4.92. The van der Waals surface area contributed by atoms with Crippen LogP contribution in [0, 0.1) is 5.82 Å². The minimum Gasteiger partial charge on any atom is -0.406 e. The summed E-state index contributed by atoms with van der Waals surface area (Å²) in [5.74, 6) is -0.640. The third kappa shape index (κ3) is 6.49. The molecule has 0 aliphatic carbocycles. The van der Waals surface area contributed by atoms with E-state index in [0.29, 0.717) is 0 Å². The van der Waals surface area contributed by atoms with Gasteiger partial charge in [0.25, 0.3) is 0 Å². The van der Waals surface area contributed by atoms with Gasteiger partial charge in [-0.3, -0.25) is 4.90 Å². The van der Waals surface area contributed by atoms with Crippen molar-refractivity contribution < 1.29 is 22.3 Å². The van der Waals surface area contributed by atoms with E-state index >= 15 is 0 Å². The molecule has 1 heterocycles. The molecule has 2 aromatic rings. The van der Waals surface area contributed by atoms with Crippen LogP contribution in [0.25, 0.3) is 0 Å². The lowest BCUT2D eigenvalue weighted by Gasteiger charge is -2.36. The zero-order chi connectivity index (χ0) is 18.7. The zero-order valence-electron chi connectivity index (χ0n) is 14.5. The molecule has 0 unspecified atom stereocenters. The van der Waals surface area contributed by atoms with Crippen molar-refractivity contribution in [2.45, 2.75) is 12.4 Å². The Bertz CT molecular complexity index is 756. The van der Waals surface area contributed by atoms with Crippen molar-refractivity contribution in [3.05, 3.63) is 63.9 Å². The van der Waals surface area contributed by atoms with Crippen LogP contribution in [0.4, 0.5) is 17.6 Å². The van der Waals surface area contributed by atoms with Gasteiger partial charge in [0.1, 0.15) is 11.6 Å². The minimum absolute atomic E-state index is 0. The van der Waals surface area contributed by atoms with E-state index in [2.05, 4.69) is 30.9 Å². The fraction of sp³-hybridized carbons (Fsp3) is 0.333. The van der Waals surface area contributed by atoms with Gasteiger partial charge in [-0.15, -0.1) is 38.0 Å². The Morgan fingerprint density at radius 2 is 1.61 bits per heavy atom. The Morgan fingerprint density at radius 3 is 2.18 bits per heavy atom. The van der Waals surface area contributed by atoms with Gasteiger partial charge in [0.2, 0.25) is 0 Å². The van der Waals surface area contributed by atoms with Gasteiger partial charge in [-0.1, -0.05) is 28.1 Å². The lowest BCUT2D eigenvalue weighted by Crippen LogP contribution is -2.45.